The number of carbonyl (C=O) groups excluding carboxylic acids is 1. The molecule has 0 fully saturated rings. The van der Waals surface area contributed by atoms with Crippen molar-refractivity contribution < 1.29 is 4.79 Å². The number of nitriles is 1. The molecule has 0 aromatic carbocycles. The largest absolute Gasteiger partial charge is 0.340 e. The van der Waals surface area contributed by atoms with Crippen LogP contribution >= 0.6 is 0 Å². The number of nitrogens with zero attached hydrogens (tertiary/aromatic N) is 1. The highest BCUT2D eigenvalue weighted by Crippen LogP contribution is 1.99. The van der Waals surface area contributed by atoms with Crippen LogP contribution < -0.4 is 5.32 Å². The summed E-state index contributed by atoms with van der Waals surface area (Å²) < 4.78 is 0. The van der Waals surface area contributed by atoms with Gasteiger partial charge in [0.05, 0.1) is 6.07 Å². The van der Waals surface area contributed by atoms with Gasteiger partial charge >= 0.3 is 0 Å². The van der Waals surface area contributed by atoms with E-state index in [1.54, 1.807) is 6.92 Å². The lowest BCUT2D eigenvalue weighted by Crippen LogP contribution is -2.35. The predicted octanol–water partition coefficient (Wildman–Crippen LogP) is 1.06. The fourth-order valence-electron chi connectivity index (χ4n) is 0.573. The highest BCUT2D eigenvalue weighted by molar-refractivity contribution is 5.78. The molecule has 0 aliphatic heterocycles. The first-order chi connectivity index (χ1) is 5.11. The third kappa shape index (κ3) is 3.61. The van der Waals surface area contributed by atoms with Gasteiger partial charge < -0.3 is 5.32 Å². The highest BCUT2D eigenvalue weighted by Gasteiger charge is 2.11. The van der Waals surface area contributed by atoms with Gasteiger partial charge in [-0.15, -0.1) is 0 Å². The normalized spacial score (nSPS) is 14.7. The van der Waals surface area contributed by atoms with Crippen molar-refractivity contribution in [1.29, 1.82) is 5.26 Å². The van der Waals surface area contributed by atoms with Gasteiger partial charge in [0.15, 0.2) is 0 Å². The Bertz CT molecular complexity index is 171. The molecule has 1 N–H and O–H groups in total. The summed E-state index contributed by atoms with van der Waals surface area (Å²) in [5.41, 5.74) is 0. The van der Waals surface area contributed by atoms with Crippen molar-refractivity contribution in [3.8, 4) is 6.07 Å². The lowest BCUT2D eigenvalue weighted by atomic mass is 10.1. The molecule has 3 heteroatoms. The van der Waals surface area contributed by atoms with Crippen molar-refractivity contribution in [3.63, 3.8) is 0 Å². The fourth-order valence-corrected chi connectivity index (χ4v) is 0.573. The zero-order chi connectivity index (χ0) is 8.85. The van der Waals surface area contributed by atoms with Gasteiger partial charge in [0, 0.05) is 5.92 Å². The smallest absolute Gasteiger partial charge is 0.223 e. The standard InChI is InChI=1S/C8H14N2O/c1-4-6(2)8(11)10-7(3)5-9/h6-7H,4H2,1-3H3,(H,10,11). The van der Waals surface area contributed by atoms with Crippen LogP contribution in [0.4, 0.5) is 0 Å². The van der Waals surface area contributed by atoms with E-state index in [2.05, 4.69) is 5.32 Å². The molecular formula is C8H14N2O. The quantitative estimate of drug-likeness (QED) is 0.660. The van der Waals surface area contributed by atoms with Gasteiger partial charge in [-0.05, 0) is 13.3 Å². The zero-order valence-electron chi connectivity index (χ0n) is 7.22. The van der Waals surface area contributed by atoms with E-state index in [1.807, 2.05) is 19.9 Å². The summed E-state index contributed by atoms with van der Waals surface area (Å²) in [6, 6.07) is 1.56. The molecular weight excluding hydrogens is 140 g/mol. The minimum atomic E-state index is -0.378. The van der Waals surface area contributed by atoms with Crippen molar-refractivity contribution in [2.75, 3.05) is 0 Å². The number of nitrogens with one attached hydrogen (secondary N) is 1. The van der Waals surface area contributed by atoms with E-state index in [0.29, 0.717) is 0 Å². The SMILES string of the molecule is CCC(C)C(=O)NC(C)C#N. The molecule has 0 saturated carbocycles. The molecule has 1 amide bonds. The maximum absolute atomic E-state index is 11.1. The van der Waals surface area contributed by atoms with Crippen LogP contribution in [0.15, 0.2) is 0 Å². The van der Waals surface area contributed by atoms with Crippen LogP contribution in [-0.4, -0.2) is 11.9 Å². The predicted molar refractivity (Wildman–Crippen MR) is 42.7 cm³/mol. The molecule has 2 atom stereocenters. The summed E-state index contributed by atoms with van der Waals surface area (Å²) in [5, 5.41) is 11.0. The fraction of sp³-hybridized carbons (Fsp3) is 0.750. The first-order valence-corrected chi connectivity index (χ1v) is 3.81. The maximum atomic E-state index is 11.1. The average Bonchev–Trinajstić information content (AvgIpc) is 2.02. The summed E-state index contributed by atoms with van der Waals surface area (Å²) in [5.74, 6) is -0.0349. The number of hydrogen-bond acceptors (Lipinski definition) is 2. The average molecular weight is 154 g/mol. The van der Waals surface area contributed by atoms with Gasteiger partial charge in [-0.1, -0.05) is 13.8 Å². The number of amides is 1. The Balaban J connectivity index is 3.80. The minimum Gasteiger partial charge on any atom is -0.340 e. The minimum absolute atomic E-state index is 0.00537. The highest BCUT2D eigenvalue weighted by atomic mass is 16.1. The lowest BCUT2D eigenvalue weighted by molar-refractivity contribution is -0.124. The van der Waals surface area contributed by atoms with E-state index < -0.39 is 0 Å². The molecule has 11 heavy (non-hydrogen) atoms. The van der Waals surface area contributed by atoms with Crippen LogP contribution in [0.5, 0.6) is 0 Å². The Kier molecular flexibility index (Phi) is 4.28. The van der Waals surface area contributed by atoms with Gasteiger partial charge in [-0.2, -0.15) is 5.26 Å². The second-order valence-corrected chi connectivity index (χ2v) is 2.67. The summed E-state index contributed by atoms with van der Waals surface area (Å²) in [7, 11) is 0. The number of rotatable bonds is 3. The van der Waals surface area contributed by atoms with Gasteiger partial charge in [0.2, 0.25) is 5.91 Å². The molecule has 0 radical (unpaired) electrons. The summed E-state index contributed by atoms with van der Waals surface area (Å²) in [6.45, 7) is 5.46. The third-order valence-electron chi connectivity index (χ3n) is 1.61. The Morgan fingerprint density at radius 2 is 2.18 bits per heavy atom. The molecule has 0 aliphatic carbocycles. The Hall–Kier alpha value is -1.04. The molecule has 62 valence electrons. The van der Waals surface area contributed by atoms with Crippen LogP contribution in [0.2, 0.25) is 0 Å². The first kappa shape index (κ1) is 9.96. The van der Waals surface area contributed by atoms with Crippen LogP contribution in [0.3, 0.4) is 0 Å². The van der Waals surface area contributed by atoms with Crippen LogP contribution in [0.25, 0.3) is 0 Å². The van der Waals surface area contributed by atoms with Gasteiger partial charge in [-0.3, -0.25) is 4.79 Å². The van der Waals surface area contributed by atoms with E-state index in [9.17, 15) is 4.79 Å². The maximum Gasteiger partial charge on any atom is 0.223 e. The molecule has 0 aliphatic rings. The number of hydrogen-bond donors (Lipinski definition) is 1. The molecule has 0 rings (SSSR count). The van der Waals surface area contributed by atoms with Crippen molar-refractivity contribution in [2.45, 2.75) is 33.2 Å². The second kappa shape index (κ2) is 4.73. The van der Waals surface area contributed by atoms with E-state index in [1.165, 1.54) is 0 Å². The molecule has 0 aromatic heterocycles. The topological polar surface area (TPSA) is 52.9 Å². The van der Waals surface area contributed by atoms with Crippen LogP contribution in [0.1, 0.15) is 27.2 Å². The second-order valence-electron chi connectivity index (χ2n) is 2.67. The van der Waals surface area contributed by atoms with Crippen molar-refractivity contribution in [3.05, 3.63) is 0 Å². The summed E-state index contributed by atoms with van der Waals surface area (Å²) in [4.78, 5) is 11.1. The Morgan fingerprint density at radius 3 is 2.55 bits per heavy atom. The summed E-state index contributed by atoms with van der Waals surface area (Å²) >= 11 is 0. The van der Waals surface area contributed by atoms with Gasteiger partial charge in [0.1, 0.15) is 6.04 Å². The van der Waals surface area contributed by atoms with E-state index in [4.69, 9.17) is 5.26 Å². The molecule has 3 nitrogen and oxygen atoms in total. The molecule has 0 aromatic rings. The first-order valence-electron chi connectivity index (χ1n) is 3.81. The van der Waals surface area contributed by atoms with Crippen molar-refractivity contribution >= 4 is 5.91 Å². The zero-order valence-corrected chi connectivity index (χ0v) is 7.22. The third-order valence-corrected chi connectivity index (χ3v) is 1.61. The van der Waals surface area contributed by atoms with E-state index in [-0.39, 0.29) is 17.9 Å². The molecule has 0 spiro atoms. The van der Waals surface area contributed by atoms with E-state index >= 15 is 0 Å². The van der Waals surface area contributed by atoms with Gasteiger partial charge in [0.25, 0.3) is 0 Å². The monoisotopic (exact) mass is 154 g/mol. The van der Waals surface area contributed by atoms with Crippen molar-refractivity contribution in [2.24, 2.45) is 5.92 Å². The molecule has 0 saturated heterocycles. The molecule has 0 bridgehead atoms. The van der Waals surface area contributed by atoms with Crippen molar-refractivity contribution in [1.82, 2.24) is 5.32 Å². The van der Waals surface area contributed by atoms with Gasteiger partial charge in [-0.25, -0.2) is 0 Å². The lowest BCUT2D eigenvalue weighted by Gasteiger charge is -2.10. The molecule has 2 unspecified atom stereocenters. The Labute approximate surface area is 67.4 Å². The van der Waals surface area contributed by atoms with Crippen LogP contribution in [-0.2, 0) is 4.79 Å². The Morgan fingerprint density at radius 1 is 1.64 bits per heavy atom. The van der Waals surface area contributed by atoms with E-state index in [0.717, 1.165) is 6.42 Å². The molecule has 0 heterocycles. The number of carbonyl (C=O) groups is 1. The summed E-state index contributed by atoms with van der Waals surface area (Å²) in [6.07, 6.45) is 0.810. The van der Waals surface area contributed by atoms with Crippen LogP contribution in [0, 0.1) is 17.2 Å².